The van der Waals surface area contributed by atoms with Gasteiger partial charge in [0.05, 0.1) is 24.8 Å². The van der Waals surface area contributed by atoms with Gasteiger partial charge in [-0.05, 0) is 28.4 Å². The van der Waals surface area contributed by atoms with Gasteiger partial charge in [0, 0.05) is 23.4 Å². The number of hydrogen-bond acceptors (Lipinski definition) is 3. The smallest absolute Gasteiger partial charge is 0.255 e. The molecule has 0 aromatic carbocycles. The average Bonchev–Trinajstić information content (AvgIpc) is 2.38. The largest absolute Gasteiger partial charge is 0.377 e. The molecule has 1 aliphatic heterocycles. The van der Waals surface area contributed by atoms with Crippen molar-refractivity contribution in [1.82, 2.24) is 9.88 Å². The predicted molar refractivity (Wildman–Crippen MR) is 67.9 cm³/mol. The Labute approximate surface area is 109 Å². The fourth-order valence-corrected chi connectivity index (χ4v) is 2.32. The zero-order valence-corrected chi connectivity index (χ0v) is 11.3. The second kappa shape index (κ2) is 5.60. The van der Waals surface area contributed by atoms with E-state index in [1.165, 1.54) is 0 Å². The van der Waals surface area contributed by atoms with Gasteiger partial charge in [0.1, 0.15) is 0 Å². The molecule has 0 saturated carbocycles. The number of amides is 1. The Morgan fingerprint density at radius 2 is 2.47 bits per heavy atom. The first-order valence-electron chi connectivity index (χ1n) is 5.71. The number of morpholine rings is 1. The molecule has 92 valence electrons. The minimum atomic E-state index is 0.0361. The van der Waals surface area contributed by atoms with Crippen LogP contribution in [0.3, 0.4) is 0 Å². The fraction of sp³-hybridized carbons (Fsp3) is 0.500. The van der Waals surface area contributed by atoms with Crippen molar-refractivity contribution < 1.29 is 9.53 Å². The van der Waals surface area contributed by atoms with E-state index in [-0.39, 0.29) is 11.9 Å². The quantitative estimate of drug-likeness (QED) is 0.840. The van der Waals surface area contributed by atoms with E-state index in [2.05, 4.69) is 27.8 Å². The first kappa shape index (κ1) is 12.5. The number of rotatable bonds is 2. The molecule has 0 radical (unpaired) electrons. The summed E-state index contributed by atoms with van der Waals surface area (Å²) in [5.41, 5.74) is 0.625. The third-order valence-corrected chi connectivity index (χ3v) is 3.35. The number of ether oxygens (including phenoxy) is 1. The van der Waals surface area contributed by atoms with Crippen LogP contribution in [0.1, 0.15) is 23.7 Å². The molecule has 1 aromatic rings. The molecule has 5 heteroatoms. The Morgan fingerprint density at radius 3 is 3.18 bits per heavy atom. The summed E-state index contributed by atoms with van der Waals surface area (Å²) >= 11 is 3.33. The SMILES string of the molecule is CCC1COCCN1C(=O)c1cncc(Br)c1. The van der Waals surface area contributed by atoms with Crippen LogP contribution >= 0.6 is 15.9 Å². The molecule has 0 spiro atoms. The summed E-state index contributed by atoms with van der Waals surface area (Å²) in [6.07, 6.45) is 4.19. The van der Waals surface area contributed by atoms with Gasteiger partial charge in [-0.25, -0.2) is 0 Å². The van der Waals surface area contributed by atoms with Crippen LogP contribution in [0.2, 0.25) is 0 Å². The van der Waals surface area contributed by atoms with Crippen LogP contribution in [0.15, 0.2) is 22.9 Å². The van der Waals surface area contributed by atoms with Crippen LogP contribution in [-0.4, -0.2) is 41.6 Å². The summed E-state index contributed by atoms with van der Waals surface area (Å²) in [7, 11) is 0. The third-order valence-electron chi connectivity index (χ3n) is 2.91. The van der Waals surface area contributed by atoms with Gasteiger partial charge in [-0.1, -0.05) is 6.92 Å². The van der Waals surface area contributed by atoms with Crippen molar-refractivity contribution in [3.63, 3.8) is 0 Å². The lowest BCUT2D eigenvalue weighted by atomic mass is 10.1. The Hall–Kier alpha value is -0.940. The number of hydrogen-bond donors (Lipinski definition) is 0. The maximum absolute atomic E-state index is 12.3. The van der Waals surface area contributed by atoms with E-state index in [1.54, 1.807) is 18.5 Å². The van der Waals surface area contributed by atoms with E-state index in [1.807, 2.05) is 4.90 Å². The van der Waals surface area contributed by atoms with Gasteiger partial charge in [0.25, 0.3) is 5.91 Å². The van der Waals surface area contributed by atoms with Gasteiger partial charge in [-0.2, -0.15) is 0 Å². The van der Waals surface area contributed by atoms with Crippen LogP contribution in [-0.2, 0) is 4.74 Å². The molecule has 1 fully saturated rings. The Bertz CT molecular complexity index is 411. The molecule has 1 aliphatic rings. The highest BCUT2D eigenvalue weighted by molar-refractivity contribution is 9.10. The lowest BCUT2D eigenvalue weighted by Gasteiger charge is -2.35. The van der Waals surface area contributed by atoms with Crippen molar-refractivity contribution in [3.8, 4) is 0 Å². The maximum Gasteiger partial charge on any atom is 0.255 e. The third kappa shape index (κ3) is 2.84. The van der Waals surface area contributed by atoms with Crippen LogP contribution < -0.4 is 0 Å². The number of aromatic nitrogens is 1. The van der Waals surface area contributed by atoms with Crippen LogP contribution in [0.4, 0.5) is 0 Å². The second-order valence-electron chi connectivity index (χ2n) is 4.03. The lowest BCUT2D eigenvalue weighted by Crippen LogP contribution is -2.48. The molecule has 0 bridgehead atoms. The van der Waals surface area contributed by atoms with Crippen molar-refractivity contribution in [2.24, 2.45) is 0 Å². The predicted octanol–water partition coefficient (Wildman–Crippen LogP) is 2.10. The van der Waals surface area contributed by atoms with Gasteiger partial charge in [0.2, 0.25) is 0 Å². The molecule has 1 atom stereocenters. The molecule has 1 amide bonds. The van der Waals surface area contributed by atoms with E-state index >= 15 is 0 Å². The van der Waals surface area contributed by atoms with E-state index in [9.17, 15) is 4.79 Å². The minimum Gasteiger partial charge on any atom is -0.377 e. The standard InChI is InChI=1S/C12H15BrN2O2/c1-2-11-8-17-4-3-15(11)12(16)9-5-10(13)7-14-6-9/h5-7,11H,2-4,8H2,1H3. The highest BCUT2D eigenvalue weighted by Gasteiger charge is 2.26. The molecule has 4 nitrogen and oxygen atoms in total. The Morgan fingerprint density at radius 1 is 1.65 bits per heavy atom. The van der Waals surface area contributed by atoms with E-state index in [0.29, 0.717) is 25.3 Å². The summed E-state index contributed by atoms with van der Waals surface area (Å²) in [6.45, 7) is 3.97. The Balaban J connectivity index is 2.18. The lowest BCUT2D eigenvalue weighted by molar-refractivity contribution is -0.00282. The normalized spacial score (nSPS) is 20.4. The van der Waals surface area contributed by atoms with Gasteiger partial charge < -0.3 is 9.64 Å². The first-order chi connectivity index (χ1) is 8.22. The minimum absolute atomic E-state index is 0.0361. The summed E-state index contributed by atoms with van der Waals surface area (Å²) in [5, 5.41) is 0. The summed E-state index contributed by atoms with van der Waals surface area (Å²) in [5.74, 6) is 0.0361. The van der Waals surface area contributed by atoms with Crippen molar-refractivity contribution in [1.29, 1.82) is 0 Å². The van der Waals surface area contributed by atoms with Crippen LogP contribution in [0.25, 0.3) is 0 Å². The summed E-state index contributed by atoms with van der Waals surface area (Å²) in [4.78, 5) is 18.2. The molecule has 1 unspecified atom stereocenters. The number of carbonyl (C=O) groups is 1. The molecule has 1 aromatic heterocycles. The zero-order valence-electron chi connectivity index (χ0n) is 9.73. The second-order valence-corrected chi connectivity index (χ2v) is 4.94. The number of halogens is 1. The van der Waals surface area contributed by atoms with Gasteiger partial charge in [0.15, 0.2) is 0 Å². The summed E-state index contributed by atoms with van der Waals surface area (Å²) < 4.78 is 6.22. The van der Waals surface area contributed by atoms with Gasteiger partial charge in [-0.15, -0.1) is 0 Å². The highest BCUT2D eigenvalue weighted by Crippen LogP contribution is 2.16. The van der Waals surface area contributed by atoms with Crippen molar-refractivity contribution in [2.45, 2.75) is 19.4 Å². The van der Waals surface area contributed by atoms with Crippen molar-refractivity contribution >= 4 is 21.8 Å². The van der Waals surface area contributed by atoms with Crippen LogP contribution in [0.5, 0.6) is 0 Å². The number of pyridine rings is 1. The summed E-state index contributed by atoms with van der Waals surface area (Å²) in [6, 6.07) is 1.98. The Kier molecular flexibility index (Phi) is 4.12. The topological polar surface area (TPSA) is 42.4 Å². The van der Waals surface area contributed by atoms with E-state index < -0.39 is 0 Å². The first-order valence-corrected chi connectivity index (χ1v) is 6.51. The highest BCUT2D eigenvalue weighted by atomic mass is 79.9. The van der Waals surface area contributed by atoms with E-state index in [0.717, 1.165) is 10.9 Å². The molecular weight excluding hydrogens is 284 g/mol. The molecule has 1 saturated heterocycles. The zero-order chi connectivity index (χ0) is 12.3. The van der Waals surface area contributed by atoms with E-state index in [4.69, 9.17) is 4.74 Å². The molecule has 17 heavy (non-hydrogen) atoms. The average molecular weight is 299 g/mol. The van der Waals surface area contributed by atoms with Gasteiger partial charge >= 0.3 is 0 Å². The number of carbonyl (C=O) groups excluding carboxylic acids is 1. The molecule has 2 heterocycles. The van der Waals surface area contributed by atoms with Crippen LogP contribution in [0, 0.1) is 0 Å². The van der Waals surface area contributed by atoms with Gasteiger partial charge in [-0.3, -0.25) is 9.78 Å². The maximum atomic E-state index is 12.3. The van der Waals surface area contributed by atoms with Crippen molar-refractivity contribution in [2.75, 3.05) is 19.8 Å². The molecular formula is C12H15BrN2O2. The molecule has 2 rings (SSSR count). The fourth-order valence-electron chi connectivity index (χ4n) is 1.96. The molecule has 0 N–H and O–H groups in total. The monoisotopic (exact) mass is 298 g/mol. The molecule has 0 aliphatic carbocycles. The van der Waals surface area contributed by atoms with Crippen molar-refractivity contribution in [3.05, 3.63) is 28.5 Å². The number of nitrogens with zero attached hydrogens (tertiary/aromatic N) is 2.